The van der Waals surface area contributed by atoms with Crippen molar-refractivity contribution in [2.24, 2.45) is 0 Å². The van der Waals surface area contributed by atoms with E-state index in [1.165, 1.54) is 0 Å². The monoisotopic (exact) mass is 247 g/mol. The van der Waals surface area contributed by atoms with Crippen LogP contribution in [0.25, 0.3) is 5.78 Å². The van der Waals surface area contributed by atoms with Crippen LogP contribution in [-0.4, -0.2) is 39.3 Å². The molecule has 0 aromatic carbocycles. The standard InChI is InChI=1S/C12H17N5O/c1-7-4-8(2)17-11(15-16-12(17)14-7)10-5-9(18-3)6-13-10/h4,9-10,13H,5-6H2,1-3H3. The molecule has 6 nitrogen and oxygen atoms in total. The Morgan fingerprint density at radius 1 is 1.39 bits per heavy atom. The van der Waals surface area contributed by atoms with Crippen LogP contribution in [-0.2, 0) is 4.74 Å². The summed E-state index contributed by atoms with van der Waals surface area (Å²) in [7, 11) is 1.74. The SMILES string of the molecule is COC1CNC(c2nnc3nc(C)cc(C)n23)C1. The van der Waals surface area contributed by atoms with Crippen LogP contribution < -0.4 is 5.32 Å². The van der Waals surface area contributed by atoms with Gasteiger partial charge in [0.1, 0.15) is 0 Å². The molecule has 3 heterocycles. The summed E-state index contributed by atoms with van der Waals surface area (Å²) in [6.07, 6.45) is 1.17. The van der Waals surface area contributed by atoms with E-state index < -0.39 is 0 Å². The van der Waals surface area contributed by atoms with Crippen molar-refractivity contribution in [3.05, 3.63) is 23.3 Å². The zero-order valence-corrected chi connectivity index (χ0v) is 10.8. The number of methoxy groups -OCH3 is 1. The quantitative estimate of drug-likeness (QED) is 0.850. The summed E-state index contributed by atoms with van der Waals surface area (Å²) in [5.41, 5.74) is 2.08. The highest BCUT2D eigenvalue weighted by atomic mass is 16.5. The van der Waals surface area contributed by atoms with Crippen molar-refractivity contribution in [3.63, 3.8) is 0 Å². The van der Waals surface area contributed by atoms with E-state index >= 15 is 0 Å². The number of aromatic nitrogens is 4. The molecule has 18 heavy (non-hydrogen) atoms. The Morgan fingerprint density at radius 2 is 2.22 bits per heavy atom. The topological polar surface area (TPSA) is 64.3 Å². The van der Waals surface area contributed by atoms with Gasteiger partial charge < -0.3 is 10.1 Å². The van der Waals surface area contributed by atoms with E-state index in [2.05, 4.69) is 27.4 Å². The zero-order chi connectivity index (χ0) is 12.7. The Bertz CT molecular complexity index is 579. The van der Waals surface area contributed by atoms with Crippen molar-refractivity contribution in [1.29, 1.82) is 0 Å². The van der Waals surface area contributed by atoms with Gasteiger partial charge in [0, 0.05) is 25.0 Å². The highest BCUT2D eigenvalue weighted by molar-refractivity contribution is 5.33. The molecule has 96 valence electrons. The molecule has 0 radical (unpaired) electrons. The highest BCUT2D eigenvalue weighted by Gasteiger charge is 2.29. The molecule has 0 saturated carbocycles. The Hall–Kier alpha value is -1.53. The molecule has 2 atom stereocenters. The molecular formula is C12H17N5O. The van der Waals surface area contributed by atoms with Gasteiger partial charge in [-0.05, 0) is 26.3 Å². The minimum absolute atomic E-state index is 0.188. The number of rotatable bonds is 2. The molecule has 0 aliphatic carbocycles. The second-order valence-electron chi connectivity index (χ2n) is 4.79. The summed E-state index contributed by atoms with van der Waals surface area (Å²) in [6, 6.07) is 2.23. The van der Waals surface area contributed by atoms with Crippen molar-refractivity contribution >= 4 is 5.78 Å². The molecule has 1 N–H and O–H groups in total. The first-order chi connectivity index (χ1) is 8.69. The van der Waals surface area contributed by atoms with Crippen LogP contribution in [0.1, 0.15) is 29.7 Å². The van der Waals surface area contributed by atoms with Crippen LogP contribution >= 0.6 is 0 Å². The van der Waals surface area contributed by atoms with Gasteiger partial charge in [0.15, 0.2) is 5.82 Å². The first-order valence-corrected chi connectivity index (χ1v) is 6.14. The third-order valence-electron chi connectivity index (χ3n) is 3.45. The van der Waals surface area contributed by atoms with E-state index in [0.29, 0.717) is 5.78 Å². The van der Waals surface area contributed by atoms with Gasteiger partial charge in [0.25, 0.3) is 5.78 Å². The summed E-state index contributed by atoms with van der Waals surface area (Å²) in [5, 5.41) is 11.9. The molecule has 2 aromatic heterocycles. The zero-order valence-electron chi connectivity index (χ0n) is 10.8. The van der Waals surface area contributed by atoms with Gasteiger partial charge in [-0.3, -0.25) is 4.40 Å². The van der Waals surface area contributed by atoms with Gasteiger partial charge in [-0.15, -0.1) is 10.2 Å². The van der Waals surface area contributed by atoms with Gasteiger partial charge in [-0.2, -0.15) is 0 Å². The number of aryl methyl sites for hydroxylation is 2. The minimum Gasteiger partial charge on any atom is -0.380 e. The molecule has 1 aliphatic rings. The lowest BCUT2D eigenvalue weighted by molar-refractivity contribution is 0.117. The lowest BCUT2D eigenvalue weighted by Crippen LogP contribution is -2.18. The second-order valence-corrected chi connectivity index (χ2v) is 4.79. The van der Waals surface area contributed by atoms with E-state index in [-0.39, 0.29) is 12.1 Å². The van der Waals surface area contributed by atoms with Crippen molar-refractivity contribution in [2.75, 3.05) is 13.7 Å². The predicted octanol–water partition coefficient (Wildman–Crippen LogP) is 0.791. The van der Waals surface area contributed by atoms with Crippen LogP contribution in [0.2, 0.25) is 0 Å². The van der Waals surface area contributed by atoms with Crippen molar-refractivity contribution < 1.29 is 4.74 Å². The molecule has 2 unspecified atom stereocenters. The molecule has 3 rings (SSSR count). The third-order valence-corrected chi connectivity index (χ3v) is 3.45. The van der Waals surface area contributed by atoms with E-state index in [0.717, 1.165) is 30.2 Å². The van der Waals surface area contributed by atoms with Crippen LogP contribution in [0.3, 0.4) is 0 Å². The fraction of sp³-hybridized carbons (Fsp3) is 0.583. The van der Waals surface area contributed by atoms with Crippen LogP contribution in [0.5, 0.6) is 0 Å². The largest absolute Gasteiger partial charge is 0.380 e. The number of ether oxygens (including phenoxy) is 1. The highest BCUT2D eigenvalue weighted by Crippen LogP contribution is 2.24. The molecule has 0 amide bonds. The predicted molar refractivity (Wildman–Crippen MR) is 66.4 cm³/mol. The van der Waals surface area contributed by atoms with E-state index in [1.54, 1.807) is 7.11 Å². The number of hydrogen-bond donors (Lipinski definition) is 1. The summed E-state index contributed by atoms with van der Waals surface area (Å²) >= 11 is 0. The van der Waals surface area contributed by atoms with Crippen molar-refractivity contribution in [3.8, 4) is 0 Å². The Balaban J connectivity index is 2.03. The number of hydrogen-bond acceptors (Lipinski definition) is 5. The maximum absolute atomic E-state index is 5.37. The number of nitrogens with zero attached hydrogens (tertiary/aromatic N) is 4. The third kappa shape index (κ3) is 1.77. The Kier molecular flexibility index (Phi) is 2.76. The van der Waals surface area contributed by atoms with Gasteiger partial charge in [0.2, 0.25) is 0 Å². The van der Waals surface area contributed by atoms with Crippen molar-refractivity contribution in [2.45, 2.75) is 32.4 Å². The first-order valence-electron chi connectivity index (χ1n) is 6.14. The van der Waals surface area contributed by atoms with Gasteiger partial charge in [0.05, 0.1) is 12.1 Å². The molecular weight excluding hydrogens is 230 g/mol. The Morgan fingerprint density at radius 3 is 2.94 bits per heavy atom. The maximum Gasteiger partial charge on any atom is 0.255 e. The average Bonchev–Trinajstić information content (AvgIpc) is 2.93. The first kappa shape index (κ1) is 11.6. The van der Waals surface area contributed by atoms with Crippen LogP contribution in [0.15, 0.2) is 6.07 Å². The molecule has 1 aliphatic heterocycles. The van der Waals surface area contributed by atoms with E-state index in [9.17, 15) is 0 Å². The normalized spacial score (nSPS) is 23.9. The van der Waals surface area contributed by atoms with Gasteiger partial charge in [-0.25, -0.2) is 4.98 Å². The van der Waals surface area contributed by atoms with Crippen molar-refractivity contribution in [1.82, 2.24) is 24.9 Å². The summed E-state index contributed by atoms with van der Waals surface area (Å²) < 4.78 is 7.38. The summed E-state index contributed by atoms with van der Waals surface area (Å²) in [6.45, 7) is 4.88. The van der Waals surface area contributed by atoms with E-state index in [4.69, 9.17) is 4.74 Å². The molecule has 6 heteroatoms. The minimum atomic E-state index is 0.188. The average molecular weight is 247 g/mol. The number of fused-ring (bicyclic) bond motifs is 1. The fourth-order valence-corrected chi connectivity index (χ4v) is 2.56. The van der Waals surface area contributed by atoms with Gasteiger partial charge in [-0.1, -0.05) is 0 Å². The molecule has 1 saturated heterocycles. The summed E-state index contributed by atoms with van der Waals surface area (Å²) in [4.78, 5) is 4.40. The number of nitrogens with one attached hydrogen (secondary N) is 1. The lowest BCUT2D eigenvalue weighted by atomic mass is 10.2. The molecule has 0 spiro atoms. The molecule has 0 bridgehead atoms. The Labute approximate surface area is 105 Å². The fourth-order valence-electron chi connectivity index (χ4n) is 2.56. The molecule has 2 aromatic rings. The maximum atomic E-state index is 5.37. The van der Waals surface area contributed by atoms with E-state index in [1.807, 2.05) is 17.4 Å². The lowest BCUT2D eigenvalue weighted by Gasteiger charge is -2.10. The van der Waals surface area contributed by atoms with Crippen LogP contribution in [0, 0.1) is 13.8 Å². The second kappa shape index (κ2) is 4.29. The van der Waals surface area contributed by atoms with Gasteiger partial charge >= 0.3 is 0 Å². The summed E-state index contributed by atoms with van der Waals surface area (Å²) in [5.74, 6) is 1.60. The molecule has 1 fully saturated rings. The smallest absolute Gasteiger partial charge is 0.255 e. The van der Waals surface area contributed by atoms with Crippen LogP contribution in [0.4, 0.5) is 0 Å².